The van der Waals surface area contributed by atoms with Gasteiger partial charge in [0.2, 0.25) is 5.91 Å². The van der Waals surface area contributed by atoms with E-state index in [1.165, 1.54) is 0 Å². The molecule has 0 spiro atoms. The summed E-state index contributed by atoms with van der Waals surface area (Å²) in [5, 5.41) is 7.00. The fourth-order valence-corrected chi connectivity index (χ4v) is 2.23. The number of carbonyl (C=O) groups excluding carboxylic acids is 1. The summed E-state index contributed by atoms with van der Waals surface area (Å²) in [5.74, 6) is 0.641. The van der Waals surface area contributed by atoms with Gasteiger partial charge < -0.3 is 10.1 Å². The van der Waals surface area contributed by atoms with Gasteiger partial charge in [0.05, 0.1) is 19.0 Å². The Morgan fingerprint density at radius 1 is 1.29 bits per heavy atom. The van der Waals surface area contributed by atoms with Crippen molar-refractivity contribution in [3.63, 3.8) is 0 Å². The van der Waals surface area contributed by atoms with Crippen LogP contribution in [-0.2, 0) is 11.2 Å². The molecule has 0 radical (unpaired) electrons. The van der Waals surface area contributed by atoms with Crippen LogP contribution in [0, 0.1) is 0 Å². The highest BCUT2D eigenvalue weighted by atomic mass is 16.5. The van der Waals surface area contributed by atoms with E-state index < -0.39 is 0 Å². The first kappa shape index (κ1) is 13.2. The van der Waals surface area contributed by atoms with Crippen molar-refractivity contribution in [3.8, 4) is 5.75 Å². The first-order chi connectivity index (χ1) is 10.3. The minimum Gasteiger partial charge on any atom is -0.496 e. The van der Waals surface area contributed by atoms with Crippen LogP contribution in [0.3, 0.4) is 0 Å². The Balaban J connectivity index is 1.73. The van der Waals surface area contributed by atoms with Crippen LogP contribution in [0.25, 0.3) is 5.52 Å². The van der Waals surface area contributed by atoms with Crippen molar-refractivity contribution in [1.29, 1.82) is 0 Å². The summed E-state index contributed by atoms with van der Waals surface area (Å²) in [6.07, 6.45) is 3.80. The van der Waals surface area contributed by atoms with E-state index in [9.17, 15) is 4.79 Å². The molecule has 2 aromatic heterocycles. The summed E-state index contributed by atoms with van der Waals surface area (Å²) in [7, 11) is 1.60. The highest BCUT2D eigenvalue weighted by molar-refractivity contribution is 5.93. The molecule has 5 heteroatoms. The summed E-state index contributed by atoms with van der Waals surface area (Å²) in [6.45, 7) is 0. The summed E-state index contributed by atoms with van der Waals surface area (Å²) in [4.78, 5) is 12.1. The van der Waals surface area contributed by atoms with Crippen molar-refractivity contribution in [2.45, 2.75) is 6.42 Å². The maximum atomic E-state index is 12.1. The fourth-order valence-electron chi connectivity index (χ4n) is 2.23. The van der Waals surface area contributed by atoms with Gasteiger partial charge in [-0.25, -0.2) is 4.52 Å². The third-order valence-electron chi connectivity index (χ3n) is 3.23. The lowest BCUT2D eigenvalue weighted by Crippen LogP contribution is -2.15. The van der Waals surface area contributed by atoms with E-state index in [0.717, 1.165) is 22.5 Å². The van der Waals surface area contributed by atoms with Gasteiger partial charge in [0.1, 0.15) is 5.75 Å². The molecule has 5 nitrogen and oxygen atoms in total. The SMILES string of the molecule is COc1ccccc1CC(=O)Nc1ccn2nccc2c1. The Kier molecular flexibility index (Phi) is 3.55. The van der Waals surface area contributed by atoms with Crippen LogP contribution < -0.4 is 10.1 Å². The number of hydrogen-bond donors (Lipinski definition) is 1. The van der Waals surface area contributed by atoms with E-state index in [1.807, 2.05) is 48.7 Å². The molecule has 0 fully saturated rings. The number of rotatable bonds is 4. The van der Waals surface area contributed by atoms with Crippen molar-refractivity contribution in [2.24, 2.45) is 0 Å². The second-order valence-corrected chi connectivity index (χ2v) is 4.65. The lowest BCUT2D eigenvalue weighted by atomic mass is 10.1. The molecule has 3 aromatic rings. The Morgan fingerprint density at radius 3 is 3.00 bits per heavy atom. The van der Waals surface area contributed by atoms with Crippen molar-refractivity contribution in [2.75, 3.05) is 12.4 Å². The third kappa shape index (κ3) is 2.86. The van der Waals surface area contributed by atoms with Gasteiger partial charge in [0.25, 0.3) is 0 Å². The molecule has 1 aromatic carbocycles. The standard InChI is InChI=1S/C16H15N3O2/c1-21-15-5-3-2-4-12(15)10-16(20)18-13-7-9-19-14(11-13)6-8-17-19/h2-9,11H,10H2,1H3,(H,18,20). The number of ether oxygens (including phenoxy) is 1. The van der Waals surface area contributed by atoms with Gasteiger partial charge in [-0.3, -0.25) is 4.79 Å². The molecule has 0 aliphatic carbocycles. The summed E-state index contributed by atoms with van der Waals surface area (Å²) >= 11 is 0. The average molecular weight is 281 g/mol. The molecule has 1 amide bonds. The second kappa shape index (κ2) is 5.66. The number of nitrogens with one attached hydrogen (secondary N) is 1. The molecule has 1 N–H and O–H groups in total. The Morgan fingerprint density at radius 2 is 2.14 bits per heavy atom. The highest BCUT2D eigenvalue weighted by Gasteiger charge is 2.08. The number of pyridine rings is 1. The molecule has 2 heterocycles. The molecular formula is C16H15N3O2. The van der Waals surface area contributed by atoms with E-state index in [-0.39, 0.29) is 12.3 Å². The van der Waals surface area contributed by atoms with E-state index in [1.54, 1.807) is 17.8 Å². The topological polar surface area (TPSA) is 55.6 Å². The number of methoxy groups -OCH3 is 1. The number of carbonyl (C=O) groups is 1. The van der Waals surface area contributed by atoms with Gasteiger partial charge in [-0.1, -0.05) is 18.2 Å². The Hall–Kier alpha value is -2.82. The molecule has 106 valence electrons. The van der Waals surface area contributed by atoms with E-state index in [0.29, 0.717) is 0 Å². The largest absolute Gasteiger partial charge is 0.496 e. The lowest BCUT2D eigenvalue weighted by molar-refractivity contribution is -0.115. The normalized spacial score (nSPS) is 10.5. The minimum atomic E-state index is -0.0802. The molecule has 0 aliphatic heterocycles. The van der Waals surface area contributed by atoms with Crippen LogP contribution in [0.4, 0.5) is 5.69 Å². The molecule has 0 atom stereocenters. The highest BCUT2D eigenvalue weighted by Crippen LogP contribution is 2.18. The number of nitrogens with zero attached hydrogens (tertiary/aromatic N) is 2. The molecular weight excluding hydrogens is 266 g/mol. The first-order valence-corrected chi connectivity index (χ1v) is 6.61. The lowest BCUT2D eigenvalue weighted by Gasteiger charge is -2.09. The van der Waals surface area contributed by atoms with Crippen molar-refractivity contribution >= 4 is 17.1 Å². The second-order valence-electron chi connectivity index (χ2n) is 4.65. The number of anilines is 1. The molecule has 0 saturated heterocycles. The number of amides is 1. The summed E-state index contributed by atoms with van der Waals surface area (Å²) in [6, 6.07) is 13.1. The number of aromatic nitrogens is 2. The number of benzene rings is 1. The average Bonchev–Trinajstić information content (AvgIpc) is 2.95. The van der Waals surface area contributed by atoms with Crippen LogP contribution in [-0.4, -0.2) is 22.6 Å². The van der Waals surface area contributed by atoms with E-state index >= 15 is 0 Å². The van der Waals surface area contributed by atoms with Crippen molar-refractivity contribution in [1.82, 2.24) is 9.61 Å². The molecule has 3 rings (SSSR count). The van der Waals surface area contributed by atoms with Crippen LogP contribution in [0.5, 0.6) is 5.75 Å². The quantitative estimate of drug-likeness (QED) is 0.799. The van der Waals surface area contributed by atoms with E-state index in [4.69, 9.17) is 4.74 Å². The van der Waals surface area contributed by atoms with Crippen LogP contribution >= 0.6 is 0 Å². The van der Waals surface area contributed by atoms with Gasteiger partial charge in [0.15, 0.2) is 0 Å². The van der Waals surface area contributed by atoms with Crippen molar-refractivity contribution < 1.29 is 9.53 Å². The van der Waals surface area contributed by atoms with Gasteiger partial charge in [-0.2, -0.15) is 5.10 Å². The molecule has 21 heavy (non-hydrogen) atoms. The maximum Gasteiger partial charge on any atom is 0.228 e. The molecule has 0 bridgehead atoms. The Labute approximate surface area is 122 Å². The van der Waals surface area contributed by atoms with Gasteiger partial charge in [0, 0.05) is 23.6 Å². The smallest absolute Gasteiger partial charge is 0.228 e. The molecule has 0 saturated carbocycles. The Bertz CT molecular complexity index is 780. The summed E-state index contributed by atoms with van der Waals surface area (Å²) in [5.41, 5.74) is 2.55. The monoisotopic (exact) mass is 281 g/mol. The number of para-hydroxylation sites is 1. The minimum absolute atomic E-state index is 0.0802. The van der Waals surface area contributed by atoms with E-state index in [2.05, 4.69) is 10.4 Å². The van der Waals surface area contributed by atoms with Crippen LogP contribution in [0.1, 0.15) is 5.56 Å². The predicted octanol–water partition coefficient (Wildman–Crippen LogP) is 2.52. The number of hydrogen-bond acceptors (Lipinski definition) is 3. The zero-order chi connectivity index (χ0) is 14.7. The molecule has 0 aliphatic rings. The maximum absolute atomic E-state index is 12.1. The van der Waals surface area contributed by atoms with Gasteiger partial charge in [-0.15, -0.1) is 0 Å². The first-order valence-electron chi connectivity index (χ1n) is 6.61. The summed E-state index contributed by atoms with van der Waals surface area (Å²) < 4.78 is 7.00. The zero-order valence-electron chi connectivity index (χ0n) is 11.6. The van der Waals surface area contributed by atoms with Crippen molar-refractivity contribution in [3.05, 3.63) is 60.4 Å². The predicted molar refractivity (Wildman–Crippen MR) is 80.5 cm³/mol. The van der Waals surface area contributed by atoms with Gasteiger partial charge >= 0.3 is 0 Å². The number of fused-ring (bicyclic) bond motifs is 1. The zero-order valence-corrected chi connectivity index (χ0v) is 11.6. The molecule has 0 unspecified atom stereocenters. The third-order valence-corrected chi connectivity index (χ3v) is 3.23. The van der Waals surface area contributed by atoms with Gasteiger partial charge in [-0.05, 0) is 24.3 Å². The fraction of sp³-hybridized carbons (Fsp3) is 0.125. The van der Waals surface area contributed by atoms with Crippen LogP contribution in [0.15, 0.2) is 54.9 Å². The van der Waals surface area contributed by atoms with Crippen LogP contribution in [0.2, 0.25) is 0 Å².